The van der Waals surface area contributed by atoms with E-state index in [1.54, 1.807) is 0 Å². The van der Waals surface area contributed by atoms with Crippen LogP contribution in [0.15, 0.2) is 28.7 Å². The number of para-hydroxylation sites is 1. The van der Waals surface area contributed by atoms with E-state index in [1.807, 2.05) is 24.3 Å². The van der Waals surface area contributed by atoms with Gasteiger partial charge in [0.25, 0.3) is 0 Å². The van der Waals surface area contributed by atoms with Crippen LogP contribution in [-0.2, 0) is 0 Å². The Balaban J connectivity index is 2.31. The van der Waals surface area contributed by atoms with E-state index < -0.39 is 0 Å². The molecule has 1 N–H and O–H groups in total. The molecule has 0 amide bonds. The van der Waals surface area contributed by atoms with Gasteiger partial charge in [-0.2, -0.15) is 0 Å². The summed E-state index contributed by atoms with van der Waals surface area (Å²) in [4.78, 5) is 0. The zero-order chi connectivity index (χ0) is 12.0. The van der Waals surface area contributed by atoms with Crippen LogP contribution in [0, 0.1) is 5.92 Å². The van der Waals surface area contributed by atoms with Crippen molar-refractivity contribution in [3.8, 4) is 5.75 Å². The molecule has 2 nitrogen and oxygen atoms in total. The van der Waals surface area contributed by atoms with Crippen molar-refractivity contribution in [3.05, 3.63) is 28.7 Å². The molecular formula is C13H20BrNO. The van der Waals surface area contributed by atoms with Crippen molar-refractivity contribution in [2.24, 2.45) is 5.92 Å². The van der Waals surface area contributed by atoms with E-state index >= 15 is 0 Å². The third-order valence-corrected chi connectivity index (χ3v) is 2.89. The average Bonchev–Trinajstić information content (AvgIpc) is 2.25. The van der Waals surface area contributed by atoms with Gasteiger partial charge >= 0.3 is 0 Å². The molecule has 0 radical (unpaired) electrons. The molecule has 1 atom stereocenters. The van der Waals surface area contributed by atoms with Gasteiger partial charge in [0.05, 0.1) is 11.1 Å². The lowest BCUT2D eigenvalue weighted by molar-refractivity contribution is 0.251. The van der Waals surface area contributed by atoms with Crippen LogP contribution in [0.5, 0.6) is 5.75 Å². The van der Waals surface area contributed by atoms with Crippen LogP contribution in [0.3, 0.4) is 0 Å². The molecule has 0 fully saturated rings. The summed E-state index contributed by atoms with van der Waals surface area (Å²) < 4.78 is 6.76. The van der Waals surface area contributed by atoms with E-state index in [9.17, 15) is 0 Å². The summed E-state index contributed by atoms with van der Waals surface area (Å²) in [6.07, 6.45) is 0. The highest BCUT2D eigenvalue weighted by Gasteiger charge is 2.05. The Morgan fingerprint density at radius 1 is 1.25 bits per heavy atom. The van der Waals surface area contributed by atoms with Crippen LogP contribution in [0.25, 0.3) is 0 Å². The molecule has 1 aromatic rings. The van der Waals surface area contributed by atoms with Gasteiger partial charge in [0.1, 0.15) is 5.75 Å². The third-order valence-electron chi connectivity index (χ3n) is 2.23. The second kappa shape index (κ2) is 6.92. The fraction of sp³-hybridized carbons (Fsp3) is 0.538. The molecule has 0 aliphatic rings. The molecule has 0 spiro atoms. The summed E-state index contributed by atoms with van der Waals surface area (Å²) in [6.45, 7) is 8.22. The monoisotopic (exact) mass is 285 g/mol. The molecule has 1 rings (SSSR count). The fourth-order valence-corrected chi connectivity index (χ4v) is 1.69. The summed E-state index contributed by atoms with van der Waals surface area (Å²) >= 11 is 3.47. The van der Waals surface area contributed by atoms with Gasteiger partial charge in [0, 0.05) is 18.5 Å². The second-order valence-corrected chi connectivity index (χ2v) is 5.26. The maximum atomic E-state index is 5.74. The number of hydrogen-bond donors (Lipinski definition) is 1. The van der Waals surface area contributed by atoms with Gasteiger partial charge in [0.2, 0.25) is 0 Å². The van der Waals surface area contributed by atoms with Crippen LogP contribution in [-0.4, -0.2) is 19.2 Å². The predicted octanol–water partition coefficient (Wildman–Crippen LogP) is 3.46. The van der Waals surface area contributed by atoms with E-state index in [0.29, 0.717) is 12.0 Å². The van der Waals surface area contributed by atoms with Gasteiger partial charge in [-0.25, -0.2) is 0 Å². The van der Waals surface area contributed by atoms with E-state index in [2.05, 4.69) is 42.0 Å². The molecule has 0 saturated heterocycles. The normalized spacial score (nSPS) is 12.8. The first-order valence-corrected chi connectivity index (χ1v) is 6.49. The maximum Gasteiger partial charge on any atom is 0.133 e. The van der Waals surface area contributed by atoms with Gasteiger partial charge in [-0.15, -0.1) is 0 Å². The summed E-state index contributed by atoms with van der Waals surface area (Å²) in [5.74, 6) is 1.42. The lowest BCUT2D eigenvalue weighted by atomic mass is 10.2. The SMILES string of the molecule is CC(CNC(C)C)COc1ccccc1Br. The van der Waals surface area contributed by atoms with E-state index in [1.165, 1.54) is 0 Å². The Morgan fingerprint density at radius 2 is 1.94 bits per heavy atom. The highest BCUT2D eigenvalue weighted by molar-refractivity contribution is 9.10. The minimum atomic E-state index is 0.509. The van der Waals surface area contributed by atoms with Crippen molar-refractivity contribution in [2.45, 2.75) is 26.8 Å². The van der Waals surface area contributed by atoms with E-state index in [-0.39, 0.29) is 0 Å². The van der Waals surface area contributed by atoms with Crippen LogP contribution in [0.4, 0.5) is 0 Å². The molecule has 90 valence electrons. The summed E-state index contributed by atoms with van der Waals surface area (Å²) in [6, 6.07) is 8.47. The van der Waals surface area contributed by atoms with Gasteiger partial charge in [0.15, 0.2) is 0 Å². The molecule has 0 aliphatic heterocycles. The fourth-order valence-electron chi connectivity index (χ4n) is 1.29. The Bertz CT molecular complexity index is 315. The van der Waals surface area contributed by atoms with Crippen LogP contribution in [0.2, 0.25) is 0 Å². The predicted molar refractivity (Wildman–Crippen MR) is 71.9 cm³/mol. The molecular weight excluding hydrogens is 266 g/mol. The number of halogens is 1. The first kappa shape index (κ1) is 13.5. The number of nitrogens with one attached hydrogen (secondary N) is 1. The Morgan fingerprint density at radius 3 is 2.56 bits per heavy atom. The molecule has 16 heavy (non-hydrogen) atoms. The minimum Gasteiger partial charge on any atom is -0.492 e. The first-order valence-electron chi connectivity index (χ1n) is 5.70. The molecule has 0 bridgehead atoms. The Hall–Kier alpha value is -0.540. The van der Waals surface area contributed by atoms with Crippen molar-refractivity contribution < 1.29 is 4.74 Å². The molecule has 3 heteroatoms. The standard InChI is InChI=1S/C13H20BrNO/c1-10(2)15-8-11(3)9-16-13-7-5-4-6-12(13)14/h4-7,10-11,15H,8-9H2,1-3H3. The Kier molecular flexibility index (Phi) is 5.85. The number of rotatable bonds is 6. The molecule has 0 aliphatic carbocycles. The topological polar surface area (TPSA) is 21.3 Å². The highest BCUT2D eigenvalue weighted by atomic mass is 79.9. The van der Waals surface area contributed by atoms with Crippen molar-refractivity contribution in [2.75, 3.05) is 13.2 Å². The zero-order valence-electron chi connectivity index (χ0n) is 10.2. The zero-order valence-corrected chi connectivity index (χ0v) is 11.8. The van der Waals surface area contributed by atoms with Crippen LogP contribution < -0.4 is 10.1 Å². The van der Waals surface area contributed by atoms with Gasteiger partial charge in [-0.3, -0.25) is 0 Å². The third kappa shape index (κ3) is 4.99. The van der Waals surface area contributed by atoms with Crippen molar-refractivity contribution >= 4 is 15.9 Å². The average molecular weight is 286 g/mol. The quantitative estimate of drug-likeness (QED) is 0.864. The molecule has 0 heterocycles. The van der Waals surface area contributed by atoms with Crippen molar-refractivity contribution in [1.82, 2.24) is 5.32 Å². The van der Waals surface area contributed by atoms with Crippen molar-refractivity contribution in [3.63, 3.8) is 0 Å². The van der Waals surface area contributed by atoms with Gasteiger partial charge < -0.3 is 10.1 Å². The number of benzene rings is 1. The second-order valence-electron chi connectivity index (χ2n) is 4.41. The van der Waals surface area contributed by atoms with Crippen LogP contribution in [0.1, 0.15) is 20.8 Å². The van der Waals surface area contributed by atoms with Gasteiger partial charge in [-0.1, -0.05) is 32.9 Å². The lowest BCUT2D eigenvalue weighted by Gasteiger charge is -2.16. The number of ether oxygens (including phenoxy) is 1. The summed E-state index contributed by atoms with van der Waals surface area (Å²) in [7, 11) is 0. The summed E-state index contributed by atoms with van der Waals surface area (Å²) in [5.41, 5.74) is 0. The Labute approximate surface area is 107 Å². The first-order chi connectivity index (χ1) is 7.59. The lowest BCUT2D eigenvalue weighted by Crippen LogP contribution is -2.30. The summed E-state index contributed by atoms with van der Waals surface area (Å²) in [5, 5.41) is 3.40. The van der Waals surface area contributed by atoms with Gasteiger partial charge in [-0.05, 0) is 28.1 Å². The van der Waals surface area contributed by atoms with Crippen molar-refractivity contribution in [1.29, 1.82) is 0 Å². The minimum absolute atomic E-state index is 0.509. The highest BCUT2D eigenvalue weighted by Crippen LogP contribution is 2.24. The largest absolute Gasteiger partial charge is 0.492 e. The number of hydrogen-bond acceptors (Lipinski definition) is 2. The molecule has 0 saturated carbocycles. The molecule has 0 aromatic heterocycles. The molecule has 1 aromatic carbocycles. The molecule has 1 unspecified atom stereocenters. The maximum absolute atomic E-state index is 5.74. The van der Waals surface area contributed by atoms with Crippen LogP contribution >= 0.6 is 15.9 Å². The smallest absolute Gasteiger partial charge is 0.133 e. The van der Waals surface area contributed by atoms with E-state index in [4.69, 9.17) is 4.74 Å². The van der Waals surface area contributed by atoms with E-state index in [0.717, 1.165) is 23.4 Å².